The minimum absolute atomic E-state index is 0.175. The van der Waals surface area contributed by atoms with E-state index in [2.05, 4.69) is 51.7 Å². The van der Waals surface area contributed by atoms with Crippen LogP contribution in [0.1, 0.15) is 52.3 Å². The molecule has 1 aliphatic heterocycles. The SMILES string of the molecule is CCCc1cc(CCl)cc(N2CC(C)(C)OC(C)(C)C2)n1. The lowest BCUT2D eigenvalue weighted by Gasteiger charge is -2.47. The number of hydrogen-bond acceptors (Lipinski definition) is 3. The normalized spacial score (nSPS) is 20.6. The number of morpholine rings is 1. The first-order valence-corrected chi connectivity index (χ1v) is 8.29. The molecule has 3 nitrogen and oxygen atoms in total. The molecule has 4 heteroatoms. The fourth-order valence-corrected chi connectivity index (χ4v) is 3.36. The van der Waals surface area contributed by atoms with Crippen molar-refractivity contribution in [1.29, 1.82) is 0 Å². The summed E-state index contributed by atoms with van der Waals surface area (Å²) in [5, 5.41) is 0. The zero-order chi connectivity index (χ0) is 15.7. The Morgan fingerprint density at radius 2 is 1.81 bits per heavy atom. The van der Waals surface area contributed by atoms with Crippen molar-refractivity contribution >= 4 is 17.4 Å². The van der Waals surface area contributed by atoms with Crippen LogP contribution in [0.25, 0.3) is 0 Å². The summed E-state index contributed by atoms with van der Waals surface area (Å²) in [5.74, 6) is 1.56. The van der Waals surface area contributed by atoms with Gasteiger partial charge in [0.2, 0.25) is 0 Å². The highest BCUT2D eigenvalue weighted by atomic mass is 35.5. The fourth-order valence-electron chi connectivity index (χ4n) is 3.21. The third kappa shape index (κ3) is 4.33. The van der Waals surface area contributed by atoms with Gasteiger partial charge >= 0.3 is 0 Å². The van der Waals surface area contributed by atoms with Crippen LogP contribution in [0.2, 0.25) is 0 Å². The summed E-state index contributed by atoms with van der Waals surface area (Å²) in [6, 6.07) is 4.24. The van der Waals surface area contributed by atoms with Gasteiger partial charge in [-0.15, -0.1) is 11.6 Å². The van der Waals surface area contributed by atoms with Gasteiger partial charge in [-0.05, 0) is 51.8 Å². The van der Waals surface area contributed by atoms with Crippen LogP contribution < -0.4 is 4.90 Å². The standard InChI is InChI=1S/C17H27ClN2O/c1-6-7-14-8-13(10-18)9-15(19-14)20-11-16(2,3)21-17(4,5)12-20/h8-9H,6-7,10-12H2,1-5H3. The summed E-state index contributed by atoms with van der Waals surface area (Å²) < 4.78 is 6.15. The molecule has 2 rings (SSSR count). The molecule has 0 radical (unpaired) electrons. The second kappa shape index (κ2) is 6.13. The topological polar surface area (TPSA) is 25.4 Å². The summed E-state index contributed by atoms with van der Waals surface area (Å²) in [7, 11) is 0. The van der Waals surface area contributed by atoms with Gasteiger partial charge in [0.1, 0.15) is 5.82 Å². The molecule has 0 saturated carbocycles. The molecule has 2 heterocycles. The lowest BCUT2D eigenvalue weighted by molar-refractivity contribution is -0.133. The van der Waals surface area contributed by atoms with E-state index in [-0.39, 0.29) is 11.2 Å². The van der Waals surface area contributed by atoms with Crippen LogP contribution in [0.4, 0.5) is 5.82 Å². The van der Waals surface area contributed by atoms with E-state index in [0.29, 0.717) is 5.88 Å². The van der Waals surface area contributed by atoms with Crippen molar-refractivity contribution in [3.05, 3.63) is 23.4 Å². The minimum Gasteiger partial charge on any atom is -0.366 e. The first-order valence-electron chi connectivity index (χ1n) is 7.75. The zero-order valence-electron chi connectivity index (χ0n) is 13.9. The molecule has 0 atom stereocenters. The van der Waals surface area contributed by atoms with E-state index in [1.165, 1.54) is 0 Å². The van der Waals surface area contributed by atoms with Crippen LogP contribution >= 0.6 is 11.6 Å². The van der Waals surface area contributed by atoms with Crippen LogP contribution in [-0.4, -0.2) is 29.3 Å². The number of halogens is 1. The van der Waals surface area contributed by atoms with Gasteiger partial charge in [-0.1, -0.05) is 13.3 Å². The average Bonchev–Trinajstić information content (AvgIpc) is 2.35. The van der Waals surface area contributed by atoms with Crippen LogP contribution in [-0.2, 0) is 17.0 Å². The molecule has 1 saturated heterocycles. The van der Waals surface area contributed by atoms with Gasteiger partial charge in [0.05, 0.1) is 11.2 Å². The number of aryl methyl sites for hydroxylation is 1. The molecule has 1 fully saturated rings. The Morgan fingerprint density at radius 3 is 2.33 bits per heavy atom. The van der Waals surface area contributed by atoms with Crippen molar-refractivity contribution in [2.24, 2.45) is 0 Å². The van der Waals surface area contributed by atoms with E-state index < -0.39 is 0 Å². The molecule has 0 N–H and O–H groups in total. The highest BCUT2D eigenvalue weighted by Crippen LogP contribution is 2.31. The van der Waals surface area contributed by atoms with Crippen LogP contribution in [0.3, 0.4) is 0 Å². The molecular formula is C17H27ClN2O. The molecule has 0 aromatic carbocycles. The maximum absolute atomic E-state index is 6.15. The molecule has 21 heavy (non-hydrogen) atoms. The maximum Gasteiger partial charge on any atom is 0.129 e. The van der Waals surface area contributed by atoms with E-state index in [4.69, 9.17) is 21.3 Å². The highest BCUT2D eigenvalue weighted by Gasteiger charge is 2.38. The molecule has 0 bridgehead atoms. The predicted molar refractivity (Wildman–Crippen MR) is 89.2 cm³/mol. The molecule has 0 unspecified atom stereocenters. The molecule has 1 aliphatic rings. The zero-order valence-corrected chi connectivity index (χ0v) is 14.6. The maximum atomic E-state index is 6.15. The Labute approximate surface area is 133 Å². The van der Waals surface area contributed by atoms with Crippen molar-refractivity contribution in [2.75, 3.05) is 18.0 Å². The number of hydrogen-bond donors (Lipinski definition) is 0. The van der Waals surface area contributed by atoms with Gasteiger partial charge in [0, 0.05) is 24.7 Å². The van der Waals surface area contributed by atoms with Crippen molar-refractivity contribution in [3.63, 3.8) is 0 Å². The van der Waals surface area contributed by atoms with Crippen molar-refractivity contribution in [1.82, 2.24) is 4.98 Å². The monoisotopic (exact) mass is 310 g/mol. The first kappa shape index (κ1) is 16.6. The quantitative estimate of drug-likeness (QED) is 0.781. The fraction of sp³-hybridized carbons (Fsp3) is 0.706. The minimum atomic E-state index is -0.175. The number of ether oxygens (including phenoxy) is 1. The van der Waals surface area contributed by atoms with Crippen LogP contribution in [0.15, 0.2) is 12.1 Å². The lowest BCUT2D eigenvalue weighted by atomic mass is 9.99. The van der Waals surface area contributed by atoms with Crippen molar-refractivity contribution in [2.45, 2.75) is 64.5 Å². The van der Waals surface area contributed by atoms with Crippen molar-refractivity contribution < 1.29 is 4.74 Å². The average molecular weight is 311 g/mol. The summed E-state index contributed by atoms with van der Waals surface area (Å²) in [6.45, 7) is 12.4. The first-order chi connectivity index (χ1) is 9.74. The van der Waals surface area contributed by atoms with E-state index in [9.17, 15) is 0 Å². The number of rotatable bonds is 4. The van der Waals surface area contributed by atoms with E-state index in [1.54, 1.807) is 0 Å². The molecule has 1 aromatic heterocycles. The van der Waals surface area contributed by atoms with Crippen LogP contribution in [0.5, 0.6) is 0 Å². The van der Waals surface area contributed by atoms with E-state index in [0.717, 1.165) is 43.0 Å². The Hall–Kier alpha value is -0.800. The van der Waals surface area contributed by atoms with E-state index in [1.807, 2.05) is 0 Å². The lowest BCUT2D eigenvalue weighted by Crippen LogP contribution is -2.57. The second-order valence-corrected chi connectivity index (χ2v) is 7.45. The Bertz CT molecular complexity index is 484. The third-order valence-electron chi connectivity index (χ3n) is 3.60. The molecular weight excluding hydrogens is 284 g/mol. The summed E-state index contributed by atoms with van der Waals surface area (Å²) in [4.78, 5) is 7.17. The number of nitrogens with zero attached hydrogens (tertiary/aromatic N) is 2. The van der Waals surface area contributed by atoms with Gasteiger partial charge in [0.25, 0.3) is 0 Å². The summed E-state index contributed by atoms with van der Waals surface area (Å²) in [6.07, 6.45) is 2.09. The third-order valence-corrected chi connectivity index (χ3v) is 3.91. The Morgan fingerprint density at radius 1 is 1.19 bits per heavy atom. The van der Waals surface area contributed by atoms with Gasteiger partial charge in [-0.3, -0.25) is 0 Å². The number of anilines is 1. The molecule has 0 spiro atoms. The summed E-state index contributed by atoms with van der Waals surface area (Å²) >= 11 is 6.05. The molecule has 1 aromatic rings. The van der Waals surface area contributed by atoms with Gasteiger partial charge in [-0.2, -0.15) is 0 Å². The van der Waals surface area contributed by atoms with E-state index >= 15 is 0 Å². The van der Waals surface area contributed by atoms with Crippen LogP contribution in [0, 0.1) is 0 Å². The highest BCUT2D eigenvalue weighted by molar-refractivity contribution is 6.17. The molecule has 0 aliphatic carbocycles. The largest absolute Gasteiger partial charge is 0.366 e. The van der Waals surface area contributed by atoms with Gasteiger partial charge in [0.15, 0.2) is 0 Å². The smallest absolute Gasteiger partial charge is 0.129 e. The number of alkyl halides is 1. The molecule has 118 valence electrons. The molecule has 0 amide bonds. The predicted octanol–water partition coefficient (Wildman–Crippen LogP) is 4.17. The number of aromatic nitrogens is 1. The Kier molecular flexibility index (Phi) is 4.84. The Balaban J connectivity index is 2.33. The van der Waals surface area contributed by atoms with Gasteiger partial charge < -0.3 is 9.64 Å². The van der Waals surface area contributed by atoms with Crippen molar-refractivity contribution in [3.8, 4) is 0 Å². The second-order valence-electron chi connectivity index (χ2n) is 7.19. The number of pyridine rings is 1. The summed E-state index contributed by atoms with van der Waals surface area (Å²) in [5.41, 5.74) is 1.93. The van der Waals surface area contributed by atoms with Gasteiger partial charge in [-0.25, -0.2) is 4.98 Å².